The summed E-state index contributed by atoms with van der Waals surface area (Å²) in [7, 11) is 1.68. The molecule has 4 aromatic rings. The Morgan fingerprint density at radius 3 is 2.50 bits per heavy atom. The first-order valence-corrected chi connectivity index (χ1v) is 11.0. The van der Waals surface area contributed by atoms with Crippen LogP contribution in [0.3, 0.4) is 0 Å². The third-order valence-electron chi connectivity index (χ3n) is 6.06. The number of benzene rings is 1. The van der Waals surface area contributed by atoms with Crippen LogP contribution in [0.25, 0.3) is 22.0 Å². The number of hydrogen-bond donors (Lipinski definition) is 2. The molecule has 32 heavy (non-hydrogen) atoms. The van der Waals surface area contributed by atoms with Crippen molar-refractivity contribution < 1.29 is 13.8 Å². The van der Waals surface area contributed by atoms with Gasteiger partial charge in [0.1, 0.15) is 29.3 Å². The monoisotopic (exact) mass is 433 g/mol. The fourth-order valence-corrected chi connectivity index (χ4v) is 4.61. The Morgan fingerprint density at radius 2 is 1.84 bits per heavy atom. The molecular formula is C24H27N5O3. The molecule has 1 aliphatic rings. The summed E-state index contributed by atoms with van der Waals surface area (Å²) in [6, 6.07) is 4.15. The lowest BCUT2D eigenvalue weighted by molar-refractivity contribution is 0.381. The molecular weight excluding hydrogens is 406 g/mol. The SMILES string of the molecule is CCc1noc(CC)c1C1=NC(C)Nc2[nH]c3cc(-c4c(C)noc4C)c(OC)cc3c21. The minimum absolute atomic E-state index is 0.0844. The average molecular weight is 434 g/mol. The number of nitrogens with zero attached hydrogens (tertiary/aromatic N) is 3. The number of hydrogen-bond acceptors (Lipinski definition) is 7. The van der Waals surface area contributed by atoms with Gasteiger partial charge in [-0.1, -0.05) is 24.2 Å². The standard InChI is InChI=1S/C24H27N5O3/c1-7-16-22(18(8-2)32-29-16)23-21-14-10-19(30-6)15(20-11(3)28-31-12(20)4)9-17(14)27-24(21)26-13(5)25-23/h9-10,13,26-27H,7-8H2,1-6H3. The summed E-state index contributed by atoms with van der Waals surface area (Å²) in [5, 5.41) is 12.9. The zero-order chi connectivity index (χ0) is 22.6. The third-order valence-corrected chi connectivity index (χ3v) is 6.06. The Labute approximate surface area is 186 Å². The van der Waals surface area contributed by atoms with Gasteiger partial charge in [-0.15, -0.1) is 0 Å². The number of fused-ring (bicyclic) bond motifs is 3. The molecule has 0 aliphatic carbocycles. The van der Waals surface area contributed by atoms with Gasteiger partial charge in [0.25, 0.3) is 0 Å². The van der Waals surface area contributed by atoms with E-state index in [4.69, 9.17) is 18.8 Å². The van der Waals surface area contributed by atoms with Crippen LogP contribution in [0.15, 0.2) is 26.2 Å². The Hall–Kier alpha value is -3.55. The van der Waals surface area contributed by atoms with Crippen LogP contribution in [0.5, 0.6) is 5.75 Å². The summed E-state index contributed by atoms with van der Waals surface area (Å²) in [6.07, 6.45) is 1.44. The van der Waals surface area contributed by atoms with Crippen molar-refractivity contribution in [1.29, 1.82) is 0 Å². The molecule has 1 atom stereocenters. The van der Waals surface area contributed by atoms with Gasteiger partial charge in [0.15, 0.2) is 0 Å². The van der Waals surface area contributed by atoms with E-state index >= 15 is 0 Å². The van der Waals surface area contributed by atoms with Crippen LogP contribution in [-0.2, 0) is 12.8 Å². The summed E-state index contributed by atoms with van der Waals surface area (Å²) in [4.78, 5) is 8.54. The van der Waals surface area contributed by atoms with E-state index in [9.17, 15) is 0 Å². The first-order valence-electron chi connectivity index (χ1n) is 11.0. The van der Waals surface area contributed by atoms with Crippen molar-refractivity contribution in [3.05, 3.63) is 46.2 Å². The largest absolute Gasteiger partial charge is 0.496 e. The van der Waals surface area contributed by atoms with Gasteiger partial charge in [-0.2, -0.15) is 0 Å². The van der Waals surface area contributed by atoms with Crippen molar-refractivity contribution in [1.82, 2.24) is 15.3 Å². The number of aromatic amines is 1. The molecule has 1 aliphatic heterocycles. The second kappa shape index (κ2) is 7.55. The highest BCUT2D eigenvalue weighted by Gasteiger charge is 2.30. The smallest absolute Gasteiger partial charge is 0.146 e. The molecule has 8 heteroatoms. The Morgan fingerprint density at radius 1 is 1.03 bits per heavy atom. The van der Waals surface area contributed by atoms with Crippen molar-refractivity contribution in [2.24, 2.45) is 4.99 Å². The quantitative estimate of drug-likeness (QED) is 0.450. The Balaban J connectivity index is 1.78. The molecule has 8 nitrogen and oxygen atoms in total. The zero-order valence-electron chi connectivity index (χ0n) is 19.2. The van der Waals surface area contributed by atoms with Gasteiger partial charge < -0.3 is 24.1 Å². The van der Waals surface area contributed by atoms with E-state index in [1.807, 2.05) is 20.8 Å². The summed E-state index contributed by atoms with van der Waals surface area (Å²) >= 11 is 0. The van der Waals surface area contributed by atoms with Gasteiger partial charge in [-0.05, 0) is 39.3 Å². The van der Waals surface area contributed by atoms with Crippen LogP contribution < -0.4 is 10.1 Å². The molecule has 166 valence electrons. The van der Waals surface area contributed by atoms with Gasteiger partial charge >= 0.3 is 0 Å². The van der Waals surface area contributed by atoms with Crippen LogP contribution in [0, 0.1) is 13.8 Å². The molecule has 0 amide bonds. The summed E-state index contributed by atoms with van der Waals surface area (Å²) in [5.74, 6) is 3.30. The van der Waals surface area contributed by atoms with E-state index in [0.717, 1.165) is 86.2 Å². The molecule has 0 radical (unpaired) electrons. The van der Waals surface area contributed by atoms with Gasteiger partial charge in [0.05, 0.1) is 40.9 Å². The maximum Gasteiger partial charge on any atom is 0.146 e. The van der Waals surface area contributed by atoms with E-state index in [2.05, 4.69) is 46.6 Å². The van der Waals surface area contributed by atoms with Crippen molar-refractivity contribution >= 4 is 22.4 Å². The molecule has 5 rings (SSSR count). The lowest BCUT2D eigenvalue weighted by atomic mass is 9.94. The van der Waals surface area contributed by atoms with Crippen LogP contribution >= 0.6 is 0 Å². The third kappa shape index (κ3) is 2.93. The van der Waals surface area contributed by atoms with Crippen LogP contribution in [0.4, 0.5) is 5.82 Å². The average Bonchev–Trinajstić information content (AvgIpc) is 3.45. The minimum Gasteiger partial charge on any atom is -0.496 e. The van der Waals surface area contributed by atoms with E-state index < -0.39 is 0 Å². The van der Waals surface area contributed by atoms with Gasteiger partial charge in [-0.3, -0.25) is 4.99 Å². The molecule has 3 aromatic heterocycles. The molecule has 4 heterocycles. The van der Waals surface area contributed by atoms with E-state index in [1.54, 1.807) is 7.11 Å². The van der Waals surface area contributed by atoms with Gasteiger partial charge in [0.2, 0.25) is 0 Å². The molecule has 2 N–H and O–H groups in total. The maximum atomic E-state index is 5.81. The second-order valence-corrected chi connectivity index (χ2v) is 8.10. The van der Waals surface area contributed by atoms with Crippen LogP contribution in [0.1, 0.15) is 54.8 Å². The number of aryl methyl sites for hydroxylation is 4. The topological polar surface area (TPSA) is 101 Å². The first-order chi connectivity index (χ1) is 15.5. The van der Waals surface area contributed by atoms with Crippen molar-refractivity contribution in [3.8, 4) is 16.9 Å². The number of H-pyrrole nitrogens is 1. The number of aromatic nitrogens is 3. The minimum atomic E-state index is -0.0844. The van der Waals surface area contributed by atoms with Crippen molar-refractivity contribution in [2.75, 3.05) is 12.4 Å². The zero-order valence-corrected chi connectivity index (χ0v) is 19.2. The molecule has 0 fully saturated rings. The highest BCUT2D eigenvalue weighted by molar-refractivity contribution is 6.24. The number of aliphatic imine (C=N–C) groups is 1. The van der Waals surface area contributed by atoms with Crippen molar-refractivity contribution in [3.63, 3.8) is 0 Å². The Kier molecular flexibility index (Phi) is 4.80. The lowest BCUT2D eigenvalue weighted by Gasteiger charge is -2.21. The first kappa shape index (κ1) is 20.4. The molecule has 1 aromatic carbocycles. The fourth-order valence-electron chi connectivity index (χ4n) is 4.61. The lowest BCUT2D eigenvalue weighted by Crippen LogP contribution is -2.24. The predicted octanol–water partition coefficient (Wildman–Crippen LogP) is 5.17. The van der Waals surface area contributed by atoms with Crippen LogP contribution in [0.2, 0.25) is 0 Å². The van der Waals surface area contributed by atoms with Gasteiger partial charge in [0, 0.05) is 22.9 Å². The number of rotatable bonds is 5. The number of anilines is 1. The molecule has 1 unspecified atom stereocenters. The molecule has 0 bridgehead atoms. The van der Waals surface area contributed by atoms with Crippen molar-refractivity contribution in [2.45, 2.75) is 53.6 Å². The number of nitrogens with one attached hydrogen (secondary N) is 2. The van der Waals surface area contributed by atoms with Crippen LogP contribution in [-0.4, -0.2) is 34.3 Å². The fraction of sp³-hybridized carbons (Fsp3) is 0.375. The van der Waals surface area contributed by atoms with E-state index in [-0.39, 0.29) is 6.17 Å². The number of methoxy groups -OCH3 is 1. The highest BCUT2D eigenvalue weighted by Crippen LogP contribution is 2.42. The second-order valence-electron chi connectivity index (χ2n) is 8.10. The van der Waals surface area contributed by atoms with E-state index in [0.29, 0.717) is 0 Å². The maximum absolute atomic E-state index is 5.81. The van der Waals surface area contributed by atoms with Gasteiger partial charge in [-0.25, -0.2) is 0 Å². The summed E-state index contributed by atoms with van der Waals surface area (Å²) in [5.41, 5.74) is 7.53. The molecule has 0 saturated heterocycles. The highest BCUT2D eigenvalue weighted by atomic mass is 16.5. The van der Waals surface area contributed by atoms with E-state index in [1.165, 1.54) is 0 Å². The molecule has 0 saturated carbocycles. The summed E-state index contributed by atoms with van der Waals surface area (Å²) in [6.45, 7) is 10.0. The normalized spacial score (nSPS) is 15.6. The number of ether oxygens (including phenoxy) is 1. The Bertz CT molecular complexity index is 1320. The predicted molar refractivity (Wildman–Crippen MR) is 124 cm³/mol. The molecule has 0 spiro atoms. The summed E-state index contributed by atoms with van der Waals surface area (Å²) < 4.78 is 16.9.